The van der Waals surface area contributed by atoms with Crippen molar-refractivity contribution < 1.29 is 14.7 Å². The monoisotopic (exact) mass is 310 g/mol. The number of nitrogens with one attached hydrogen (secondary N) is 1. The van der Waals surface area contributed by atoms with Gasteiger partial charge in [0.25, 0.3) is 5.91 Å². The number of amides is 2. The number of rotatable bonds is 5. The molecule has 0 radical (unpaired) electrons. The Bertz CT molecular complexity index is 556. The Balaban J connectivity index is 2.07. The maximum atomic E-state index is 12.4. The molecule has 1 aromatic heterocycles. The van der Waals surface area contributed by atoms with Crippen molar-refractivity contribution in [1.82, 2.24) is 4.90 Å². The maximum Gasteiger partial charge on any atom is 0.264 e. The van der Waals surface area contributed by atoms with E-state index in [-0.39, 0.29) is 24.3 Å². The molecule has 6 heteroatoms. The number of hydrogen-bond acceptors (Lipinski definition) is 4. The summed E-state index contributed by atoms with van der Waals surface area (Å²) in [7, 11) is 1.67. The van der Waals surface area contributed by atoms with Crippen molar-refractivity contribution in [2.45, 2.75) is 39.2 Å². The molecular formula is C15H22N2O3S. The summed E-state index contributed by atoms with van der Waals surface area (Å²) in [5, 5.41) is 13.4. The molecule has 1 fully saturated rings. The molecule has 1 aromatic rings. The van der Waals surface area contributed by atoms with E-state index in [0.29, 0.717) is 9.88 Å². The van der Waals surface area contributed by atoms with Crippen LogP contribution in [0.1, 0.15) is 41.9 Å². The lowest BCUT2D eigenvalue weighted by atomic mass is 10.1. The van der Waals surface area contributed by atoms with Gasteiger partial charge in [0.15, 0.2) is 0 Å². The highest BCUT2D eigenvalue weighted by Gasteiger charge is 2.30. The molecule has 0 aromatic carbocycles. The molecular weight excluding hydrogens is 288 g/mol. The molecule has 21 heavy (non-hydrogen) atoms. The van der Waals surface area contributed by atoms with Crippen LogP contribution in [0.15, 0.2) is 6.07 Å². The van der Waals surface area contributed by atoms with E-state index >= 15 is 0 Å². The molecule has 1 saturated carbocycles. The highest BCUT2D eigenvalue weighted by molar-refractivity contribution is 7.18. The third-order valence-corrected chi connectivity index (χ3v) is 4.42. The first-order chi connectivity index (χ1) is 9.67. The van der Waals surface area contributed by atoms with Gasteiger partial charge in [-0.15, -0.1) is 11.3 Å². The first-order valence-corrected chi connectivity index (χ1v) is 7.88. The van der Waals surface area contributed by atoms with Crippen molar-refractivity contribution in [3.8, 4) is 0 Å². The van der Waals surface area contributed by atoms with Gasteiger partial charge in [-0.2, -0.15) is 0 Å². The fourth-order valence-electron chi connectivity index (χ4n) is 2.15. The van der Waals surface area contributed by atoms with Crippen LogP contribution in [0.3, 0.4) is 0 Å². The van der Waals surface area contributed by atoms with Gasteiger partial charge in [0, 0.05) is 19.5 Å². The van der Waals surface area contributed by atoms with Crippen molar-refractivity contribution in [3.63, 3.8) is 0 Å². The number of carbonyl (C=O) groups excluding carboxylic acids is 2. The van der Waals surface area contributed by atoms with Crippen LogP contribution in [-0.4, -0.2) is 41.0 Å². The molecule has 116 valence electrons. The highest BCUT2D eigenvalue weighted by Crippen LogP contribution is 2.33. The van der Waals surface area contributed by atoms with Gasteiger partial charge in [0.1, 0.15) is 0 Å². The van der Waals surface area contributed by atoms with Crippen LogP contribution in [0, 0.1) is 12.8 Å². The van der Waals surface area contributed by atoms with E-state index in [2.05, 4.69) is 5.32 Å². The van der Waals surface area contributed by atoms with E-state index in [0.717, 1.165) is 18.4 Å². The average Bonchev–Trinajstić information content (AvgIpc) is 3.11. The smallest absolute Gasteiger partial charge is 0.264 e. The van der Waals surface area contributed by atoms with Crippen LogP contribution in [-0.2, 0) is 4.79 Å². The van der Waals surface area contributed by atoms with Gasteiger partial charge in [0.2, 0.25) is 5.91 Å². The molecule has 1 aliphatic carbocycles. The normalized spacial score (nSPS) is 14.9. The Morgan fingerprint density at radius 1 is 1.48 bits per heavy atom. The van der Waals surface area contributed by atoms with Gasteiger partial charge in [0.05, 0.1) is 15.5 Å². The molecule has 1 heterocycles. The number of carbonyl (C=O) groups is 2. The zero-order chi connectivity index (χ0) is 15.8. The fraction of sp³-hybridized carbons (Fsp3) is 0.600. The lowest BCUT2D eigenvalue weighted by Crippen LogP contribution is -2.39. The van der Waals surface area contributed by atoms with Gasteiger partial charge < -0.3 is 15.3 Å². The summed E-state index contributed by atoms with van der Waals surface area (Å²) < 4.78 is 0. The lowest BCUT2D eigenvalue weighted by molar-refractivity contribution is -0.117. The topological polar surface area (TPSA) is 69.6 Å². The van der Waals surface area contributed by atoms with Gasteiger partial charge >= 0.3 is 0 Å². The number of likely N-dealkylation sites (N-methyl/N-ethyl adjacent to an activating group) is 1. The van der Waals surface area contributed by atoms with Crippen LogP contribution < -0.4 is 5.32 Å². The van der Waals surface area contributed by atoms with E-state index in [1.165, 1.54) is 16.2 Å². The van der Waals surface area contributed by atoms with E-state index in [1.54, 1.807) is 20.9 Å². The van der Waals surface area contributed by atoms with Crippen LogP contribution >= 0.6 is 11.3 Å². The number of hydrogen-bond donors (Lipinski definition) is 2. The number of aliphatic hydroxyl groups is 1. The second kappa shape index (κ2) is 5.77. The average molecular weight is 310 g/mol. The standard InChI is InChI=1S/C15H22N2O3S/c1-9-7-11(16-13(18)10-5-6-10)21-12(9)14(19)17(4)8-15(2,3)20/h7,10,20H,5-6,8H2,1-4H3,(H,16,18). The van der Waals surface area contributed by atoms with E-state index in [4.69, 9.17) is 0 Å². The van der Waals surface area contributed by atoms with Crippen molar-refractivity contribution in [3.05, 3.63) is 16.5 Å². The molecule has 0 unspecified atom stereocenters. The van der Waals surface area contributed by atoms with Crippen molar-refractivity contribution in [1.29, 1.82) is 0 Å². The second-order valence-corrected chi connectivity index (χ2v) is 7.41. The minimum absolute atomic E-state index is 0.0418. The molecule has 5 nitrogen and oxygen atoms in total. The molecule has 1 aliphatic rings. The first-order valence-electron chi connectivity index (χ1n) is 7.06. The van der Waals surface area contributed by atoms with E-state index < -0.39 is 5.60 Å². The number of nitrogens with zero attached hydrogens (tertiary/aromatic N) is 1. The summed E-state index contributed by atoms with van der Waals surface area (Å²) in [6.45, 7) is 5.44. The summed E-state index contributed by atoms with van der Waals surface area (Å²) >= 11 is 1.29. The van der Waals surface area contributed by atoms with Crippen molar-refractivity contribution in [2.24, 2.45) is 5.92 Å². The minimum Gasteiger partial charge on any atom is -0.389 e. The Kier molecular flexibility index (Phi) is 4.39. The quantitative estimate of drug-likeness (QED) is 0.876. The minimum atomic E-state index is -0.932. The Morgan fingerprint density at radius 2 is 2.10 bits per heavy atom. The predicted octanol–water partition coefficient (Wildman–Crippen LogP) is 2.25. The largest absolute Gasteiger partial charge is 0.389 e. The van der Waals surface area contributed by atoms with Crippen LogP contribution in [0.5, 0.6) is 0 Å². The third-order valence-electron chi connectivity index (χ3n) is 3.28. The zero-order valence-electron chi connectivity index (χ0n) is 12.9. The highest BCUT2D eigenvalue weighted by atomic mass is 32.1. The molecule has 0 aliphatic heterocycles. The zero-order valence-corrected chi connectivity index (χ0v) is 13.7. The Hall–Kier alpha value is -1.40. The van der Waals surface area contributed by atoms with Gasteiger partial charge in [-0.3, -0.25) is 9.59 Å². The van der Waals surface area contributed by atoms with Crippen molar-refractivity contribution >= 4 is 28.2 Å². The molecule has 2 N–H and O–H groups in total. The van der Waals surface area contributed by atoms with Crippen LogP contribution in [0.25, 0.3) is 0 Å². The van der Waals surface area contributed by atoms with Crippen LogP contribution in [0.2, 0.25) is 0 Å². The number of aryl methyl sites for hydroxylation is 1. The predicted molar refractivity (Wildman–Crippen MR) is 83.7 cm³/mol. The summed E-state index contributed by atoms with van der Waals surface area (Å²) in [5.41, 5.74) is -0.0859. The summed E-state index contributed by atoms with van der Waals surface area (Å²) in [5.74, 6) is 0.0519. The van der Waals surface area contributed by atoms with Crippen molar-refractivity contribution in [2.75, 3.05) is 18.9 Å². The first kappa shape index (κ1) is 16.0. The molecule has 0 bridgehead atoms. The van der Waals surface area contributed by atoms with Crippen LogP contribution in [0.4, 0.5) is 5.00 Å². The molecule has 2 rings (SSSR count). The lowest BCUT2D eigenvalue weighted by Gasteiger charge is -2.25. The molecule has 0 spiro atoms. The molecule has 2 amide bonds. The summed E-state index contributed by atoms with van der Waals surface area (Å²) in [6.07, 6.45) is 1.91. The van der Waals surface area contributed by atoms with E-state index in [1.807, 2.05) is 13.0 Å². The number of thiophene rings is 1. The summed E-state index contributed by atoms with van der Waals surface area (Å²) in [6, 6.07) is 1.83. The number of anilines is 1. The molecule has 0 atom stereocenters. The SMILES string of the molecule is Cc1cc(NC(=O)C2CC2)sc1C(=O)N(C)CC(C)(C)O. The maximum absolute atomic E-state index is 12.4. The summed E-state index contributed by atoms with van der Waals surface area (Å²) in [4.78, 5) is 26.3. The van der Waals surface area contributed by atoms with Gasteiger partial charge in [-0.25, -0.2) is 0 Å². The second-order valence-electron chi connectivity index (χ2n) is 6.36. The third kappa shape index (κ3) is 4.28. The molecule has 0 saturated heterocycles. The van der Waals surface area contributed by atoms with Gasteiger partial charge in [-0.1, -0.05) is 0 Å². The Morgan fingerprint density at radius 3 is 2.62 bits per heavy atom. The fourth-order valence-corrected chi connectivity index (χ4v) is 3.22. The van der Waals surface area contributed by atoms with E-state index in [9.17, 15) is 14.7 Å². The van der Waals surface area contributed by atoms with Gasteiger partial charge in [-0.05, 0) is 45.2 Å². The Labute approximate surface area is 129 Å².